The zero-order valence-corrected chi connectivity index (χ0v) is 27.4. The fraction of sp³-hybridized carbons (Fsp3) is 0.514. The van der Waals surface area contributed by atoms with Crippen LogP contribution in [0.1, 0.15) is 92.8 Å². The van der Waals surface area contributed by atoms with Crippen molar-refractivity contribution in [1.82, 2.24) is 9.88 Å². The molecule has 2 aliphatic rings. The molecule has 0 saturated carbocycles. The Hall–Kier alpha value is -3.22. The van der Waals surface area contributed by atoms with Crippen molar-refractivity contribution >= 4 is 11.7 Å². The Bertz CT molecular complexity index is 1490. The van der Waals surface area contributed by atoms with E-state index in [9.17, 15) is 9.90 Å². The zero-order valence-electron chi connectivity index (χ0n) is 27.4. The first-order valence-electron chi connectivity index (χ1n) is 15.8. The number of ether oxygens (including phenoxy) is 1. The van der Waals surface area contributed by atoms with Gasteiger partial charge in [0.15, 0.2) is 6.10 Å². The van der Waals surface area contributed by atoms with Crippen LogP contribution in [0, 0.1) is 26.2 Å². The summed E-state index contributed by atoms with van der Waals surface area (Å²) in [5.74, 6) is -0.979. The predicted octanol–water partition coefficient (Wildman–Crippen LogP) is 7.80. The van der Waals surface area contributed by atoms with Crippen LogP contribution in [-0.4, -0.2) is 46.2 Å². The van der Waals surface area contributed by atoms with Crippen molar-refractivity contribution in [2.45, 2.75) is 99.4 Å². The highest BCUT2D eigenvalue weighted by Crippen LogP contribution is 2.45. The minimum Gasteiger partial charge on any atom is -0.479 e. The predicted molar refractivity (Wildman–Crippen MR) is 175 cm³/mol. The van der Waals surface area contributed by atoms with Crippen molar-refractivity contribution in [3.05, 3.63) is 81.7 Å². The molecule has 230 valence electrons. The number of aryl methyl sites for hydroxylation is 3. The van der Waals surface area contributed by atoms with Crippen LogP contribution in [0.3, 0.4) is 0 Å². The van der Waals surface area contributed by atoms with E-state index in [1.165, 1.54) is 22.3 Å². The van der Waals surface area contributed by atoms with Gasteiger partial charge in [0, 0.05) is 55.2 Å². The van der Waals surface area contributed by atoms with Gasteiger partial charge in [-0.25, -0.2) is 4.79 Å². The van der Waals surface area contributed by atoms with E-state index in [1.54, 1.807) is 0 Å². The SMILES string of the molecule is Cc1ccccc1CN1CCc2cc(-c3c(C)nc(C)c(C(OC(C)(C)C)C(=O)O)c3N3CCC(C)(C)CC3)ccc2C1. The molecule has 0 radical (unpaired) electrons. The topological polar surface area (TPSA) is 65.9 Å². The third-order valence-electron chi connectivity index (χ3n) is 9.21. The molecule has 5 rings (SSSR count). The lowest BCUT2D eigenvalue weighted by Crippen LogP contribution is -2.39. The van der Waals surface area contributed by atoms with Gasteiger partial charge in [0.1, 0.15) is 0 Å². The summed E-state index contributed by atoms with van der Waals surface area (Å²) in [6.45, 7) is 21.2. The lowest BCUT2D eigenvalue weighted by atomic mass is 9.81. The van der Waals surface area contributed by atoms with E-state index in [-0.39, 0.29) is 5.41 Å². The molecule has 1 atom stereocenters. The number of fused-ring (bicyclic) bond motifs is 1. The number of hydrogen-bond donors (Lipinski definition) is 1. The Morgan fingerprint density at radius 3 is 2.35 bits per heavy atom. The van der Waals surface area contributed by atoms with Crippen molar-refractivity contribution in [2.75, 3.05) is 24.5 Å². The van der Waals surface area contributed by atoms with E-state index in [0.29, 0.717) is 5.56 Å². The summed E-state index contributed by atoms with van der Waals surface area (Å²) < 4.78 is 6.26. The number of carboxylic acid groups (broad SMARTS) is 1. The van der Waals surface area contributed by atoms with E-state index in [2.05, 4.69) is 80.0 Å². The first kappa shape index (κ1) is 31.2. The summed E-state index contributed by atoms with van der Waals surface area (Å²) in [5.41, 5.74) is 10.6. The Kier molecular flexibility index (Phi) is 8.75. The maximum Gasteiger partial charge on any atom is 0.337 e. The second-order valence-electron chi connectivity index (χ2n) is 14.4. The van der Waals surface area contributed by atoms with Crippen LogP contribution >= 0.6 is 0 Å². The van der Waals surface area contributed by atoms with Crippen LogP contribution in [0.15, 0.2) is 42.5 Å². The Balaban J connectivity index is 1.57. The summed E-state index contributed by atoms with van der Waals surface area (Å²) >= 11 is 0. The number of anilines is 1. The van der Waals surface area contributed by atoms with Crippen LogP contribution in [-0.2, 0) is 29.0 Å². The molecule has 1 N–H and O–H groups in total. The smallest absolute Gasteiger partial charge is 0.337 e. The van der Waals surface area contributed by atoms with Crippen molar-refractivity contribution < 1.29 is 14.6 Å². The van der Waals surface area contributed by atoms with Crippen LogP contribution in [0.25, 0.3) is 11.1 Å². The van der Waals surface area contributed by atoms with Gasteiger partial charge < -0.3 is 14.7 Å². The van der Waals surface area contributed by atoms with E-state index < -0.39 is 17.7 Å². The first-order valence-corrected chi connectivity index (χ1v) is 15.8. The molecule has 2 aromatic carbocycles. The number of rotatable bonds is 7. The largest absolute Gasteiger partial charge is 0.479 e. The minimum atomic E-state index is -1.11. The molecule has 43 heavy (non-hydrogen) atoms. The van der Waals surface area contributed by atoms with Gasteiger partial charge >= 0.3 is 5.97 Å². The molecule has 2 aliphatic heterocycles. The van der Waals surface area contributed by atoms with Gasteiger partial charge in [-0.1, -0.05) is 56.3 Å². The van der Waals surface area contributed by atoms with Crippen LogP contribution in [0.2, 0.25) is 0 Å². The van der Waals surface area contributed by atoms with Gasteiger partial charge in [0.2, 0.25) is 0 Å². The number of carboxylic acids is 1. The van der Waals surface area contributed by atoms with Crippen LogP contribution < -0.4 is 4.90 Å². The average molecular weight is 584 g/mol. The number of nitrogens with zero attached hydrogens (tertiary/aromatic N) is 3. The minimum absolute atomic E-state index is 0.262. The molecule has 1 saturated heterocycles. The van der Waals surface area contributed by atoms with Gasteiger partial charge in [-0.05, 0) is 94.0 Å². The molecule has 0 bridgehead atoms. The molecule has 0 aliphatic carbocycles. The molecule has 1 fully saturated rings. The molecule has 0 spiro atoms. The second kappa shape index (κ2) is 12.0. The van der Waals surface area contributed by atoms with Crippen LogP contribution in [0.5, 0.6) is 0 Å². The molecule has 1 unspecified atom stereocenters. The van der Waals surface area contributed by atoms with Crippen molar-refractivity contribution in [1.29, 1.82) is 0 Å². The molecule has 6 heteroatoms. The number of benzene rings is 2. The zero-order chi connectivity index (χ0) is 31.1. The van der Waals surface area contributed by atoms with Crippen molar-refractivity contribution in [3.8, 4) is 11.1 Å². The molecular weight excluding hydrogens is 534 g/mol. The Morgan fingerprint density at radius 1 is 1.00 bits per heavy atom. The number of hydrogen-bond acceptors (Lipinski definition) is 5. The van der Waals surface area contributed by atoms with Gasteiger partial charge in [0.25, 0.3) is 0 Å². The highest BCUT2D eigenvalue weighted by atomic mass is 16.5. The second-order valence-corrected chi connectivity index (χ2v) is 14.4. The third-order valence-corrected chi connectivity index (χ3v) is 9.21. The number of piperidine rings is 1. The normalized spacial score (nSPS) is 17.9. The van der Waals surface area contributed by atoms with Gasteiger partial charge in [-0.2, -0.15) is 0 Å². The first-order chi connectivity index (χ1) is 20.2. The van der Waals surface area contributed by atoms with E-state index >= 15 is 0 Å². The quantitative estimate of drug-likeness (QED) is 0.306. The average Bonchev–Trinajstić information content (AvgIpc) is 2.92. The lowest BCUT2D eigenvalue weighted by Gasteiger charge is -2.41. The highest BCUT2D eigenvalue weighted by Gasteiger charge is 2.36. The summed E-state index contributed by atoms with van der Waals surface area (Å²) in [5, 5.41) is 10.5. The van der Waals surface area contributed by atoms with E-state index in [0.717, 1.165) is 80.2 Å². The Morgan fingerprint density at radius 2 is 1.70 bits per heavy atom. The maximum absolute atomic E-state index is 12.8. The van der Waals surface area contributed by atoms with Crippen LogP contribution in [0.4, 0.5) is 5.69 Å². The van der Waals surface area contributed by atoms with Gasteiger partial charge in [-0.3, -0.25) is 9.88 Å². The van der Waals surface area contributed by atoms with Gasteiger partial charge in [0.05, 0.1) is 11.3 Å². The Labute approximate surface area is 258 Å². The summed E-state index contributed by atoms with van der Waals surface area (Å²) in [6.07, 6.45) is 1.97. The molecule has 0 amide bonds. The summed E-state index contributed by atoms with van der Waals surface area (Å²) in [6, 6.07) is 15.5. The molecule has 6 nitrogen and oxygen atoms in total. The highest BCUT2D eigenvalue weighted by molar-refractivity contribution is 5.88. The summed E-state index contributed by atoms with van der Waals surface area (Å²) in [4.78, 5) is 22.7. The monoisotopic (exact) mass is 583 g/mol. The fourth-order valence-electron chi connectivity index (χ4n) is 6.69. The standard InChI is InChI=1S/C37H49N3O3/c1-24-11-9-10-12-29(24)22-39-18-15-27-21-28(13-14-30(27)23-39)31-25(2)38-26(3)32(34(35(41)42)43-36(4,5)6)33(31)40-19-16-37(7,8)17-20-40/h9-14,21,34H,15-20,22-23H2,1-8H3,(H,41,42). The van der Waals surface area contributed by atoms with E-state index in [1.807, 2.05) is 27.7 Å². The number of pyridine rings is 1. The number of aromatic nitrogens is 1. The van der Waals surface area contributed by atoms with E-state index in [4.69, 9.17) is 9.72 Å². The third kappa shape index (κ3) is 6.97. The molecule has 3 heterocycles. The molecular formula is C37H49N3O3. The number of carbonyl (C=O) groups is 1. The summed E-state index contributed by atoms with van der Waals surface area (Å²) in [7, 11) is 0. The van der Waals surface area contributed by atoms with Crippen molar-refractivity contribution in [2.24, 2.45) is 5.41 Å². The lowest BCUT2D eigenvalue weighted by molar-refractivity contribution is -0.160. The number of aliphatic carboxylic acids is 1. The molecule has 3 aromatic rings. The van der Waals surface area contributed by atoms with Gasteiger partial charge in [-0.15, -0.1) is 0 Å². The van der Waals surface area contributed by atoms with Crippen molar-refractivity contribution in [3.63, 3.8) is 0 Å². The molecule has 1 aromatic heterocycles. The fourth-order valence-corrected chi connectivity index (χ4v) is 6.69. The maximum atomic E-state index is 12.8.